The summed E-state index contributed by atoms with van der Waals surface area (Å²) in [4.78, 5) is 14.5. The number of aromatic nitrogens is 1. The van der Waals surface area contributed by atoms with Gasteiger partial charge in [-0.05, 0) is 30.5 Å². The van der Waals surface area contributed by atoms with Gasteiger partial charge < -0.3 is 10.7 Å². The number of aryl methyl sites for hydroxylation is 1. The van der Waals surface area contributed by atoms with E-state index in [1.165, 1.54) is 5.56 Å². The van der Waals surface area contributed by atoms with Crippen molar-refractivity contribution in [1.29, 1.82) is 0 Å². The van der Waals surface area contributed by atoms with Gasteiger partial charge in [-0.2, -0.15) is 0 Å². The monoisotopic (exact) mass is 216 g/mol. The van der Waals surface area contributed by atoms with Crippen molar-refractivity contribution in [1.82, 2.24) is 4.98 Å². The van der Waals surface area contributed by atoms with Crippen molar-refractivity contribution in [3.63, 3.8) is 0 Å². The summed E-state index contributed by atoms with van der Waals surface area (Å²) < 4.78 is 0. The van der Waals surface area contributed by atoms with Crippen LogP contribution >= 0.6 is 0 Å². The summed E-state index contributed by atoms with van der Waals surface area (Å²) in [6.45, 7) is 2.16. The zero-order valence-electron chi connectivity index (χ0n) is 9.42. The van der Waals surface area contributed by atoms with Crippen LogP contribution < -0.4 is 5.73 Å². The predicted molar refractivity (Wildman–Crippen MR) is 65.4 cm³/mol. The lowest BCUT2D eigenvalue weighted by Crippen LogP contribution is -2.11. The molecule has 3 heteroatoms. The maximum absolute atomic E-state index is 11.3. The number of nitrogens with two attached hydrogens (primary N) is 1. The highest BCUT2D eigenvalue weighted by Crippen LogP contribution is 2.23. The topological polar surface area (TPSA) is 58.9 Å². The van der Waals surface area contributed by atoms with E-state index in [9.17, 15) is 4.79 Å². The van der Waals surface area contributed by atoms with Gasteiger partial charge in [0.1, 0.15) is 0 Å². The third-order valence-electron chi connectivity index (χ3n) is 2.85. The first-order valence-electron chi connectivity index (χ1n) is 5.62. The van der Waals surface area contributed by atoms with Gasteiger partial charge >= 0.3 is 0 Å². The average Bonchev–Trinajstić information content (AvgIpc) is 2.69. The molecule has 2 aromatic rings. The van der Waals surface area contributed by atoms with Crippen LogP contribution in [0.4, 0.5) is 0 Å². The van der Waals surface area contributed by atoms with Crippen molar-refractivity contribution in [2.75, 3.05) is 0 Å². The molecule has 0 saturated heterocycles. The summed E-state index contributed by atoms with van der Waals surface area (Å²) in [6.07, 6.45) is 5.24. The van der Waals surface area contributed by atoms with Gasteiger partial charge in [-0.25, -0.2) is 0 Å². The van der Waals surface area contributed by atoms with Gasteiger partial charge in [0.2, 0.25) is 5.91 Å². The second kappa shape index (κ2) is 4.39. The molecule has 2 rings (SSSR count). The molecule has 0 atom stereocenters. The highest BCUT2D eigenvalue weighted by atomic mass is 16.1. The summed E-state index contributed by atoms with van der Waals surface area (Å²) >= 11 is 0. The van der Waals surface area contributed by atoms with Crippen molar-refractivity contribution in [2.45, 2.75) is 26.2 Å². The number of primary amides is 1. The number of unbranched alkanes of at least 4 members (excludes halogenated alkanes) is 1. The summed E-state index contributed by atoms with van der Waals surface area (Å²) in [7, 11) is 0. The molecule has 0 unspecified atom stereocenters. The van der Waals surface area contributed by atoms with Crippen molar-refractivity contribution in [3.8, 4) is 0 Å². The fourth-order valence-corrected chi connectivity index (χ4v) is 2.03. The van der Waals surface area contributed by atoms with Crippen molar-refractivity contribution in [3.05, 3.63) is 35.5 Å². The Balaban J connectivity index is 2.54. The fraction of sp³-hybridized carbons (Fsp3) is 0.308. The number of carbonyl (C=O) groups is 1. The van der Waals surface area contributed by atoms with Gasteiger partial charge in [0.05, 0.1) is 0 Å². The Kier molecular flexibility index (Phi) is 2.95. The molecule has 0 spiro atoms. The maximum Gasteiger partial charge on any atom is 0.249 e. The predicted octanol–water partition coefficient (Wildman–Crippen LogP) is 2.61. The third kappa shape index (κ3) is 1.81. The van der Waals surface area contributed by atoms with Gasteiger partial charge in [0.25, 0.3) is 0 Å². The Labute approximate surface area is 94.6 Å². The highest BCUT2D eigenvalue weighted by molar-refractivity contribution is 6.06. The van der Waals surface area contributed by atoms with Gasteiger partial charge in [0.15, 0.2) is 0 Å². The molecule has 0 fully saturated rings. The number of amides is 1. The van der Waals surface area contributed by atoms with E-state index < -0.39 is 0 Å². The van der Waals surface area contributed by atoms with Crippen LogP contribution in [0.2, 0.25) is 0 Å². The normalized spacial score (nSPS) is 10.8. The van der Waals surface area contributed by atoms with Crippen LogP contribution in [0.5, 0.6) is 0 Å². The average molecular weight is 216 g/mol. The molecule has 0 saturated carbocycles. The SMILES string of the molecule is CCCCc1c[nH]c2cccc(C(N)=O)c12. The molecule has 0 aliphatic heterocycles. The quantitative estimate of drug-likeness (QED) is 0.810. The van der Waals surface area contributed by atoms with Gasteiger partial charge in [0, 0.05) is 22.7 Å². The molecule has 3 N–H and O–H groups in total. The van der Waals surface area contributed by atoms with E-state index in [0.29, 0.717) is 5.56 Å². The number of fused-ring (bicyclic) bond motifs is 1. The van der Waals surface area contributed by atoms with Crippen LogP contribution in [-0.4, -0.2) is 10.9 Å². The number of carbonyl (C=O) groups excluding carboxylic acids is 1. The number of hydrogen-bond donors (Lipinski definition) is 2. The van der Waals surface area contributed by atoms with E-state index in [1.807, 2.05) is 18.3 Å². The van der Waals surface area contributed by atoms with E-state index in [1.54, 1.807) is 6.07 Å². The van der Waals surface area contributed by atoms with Crippen LogP contribution in [0.1, 0.15) is 35.7 Å². The van der Waals surface area contributed by atoms with Gasteiger partial charge in [-0.3, -0.25) is 4.79 Å². The number of benzene rings is 1. The number of hydrogen-bond acceptors (Lipinski definition) is 1. The number of nitrogens with one attached hydrogen (secondary N) is 1. The van der Waals surface area contributed by atoms with E-state index in [4.69, 9.17) is 5.73 Å². The van der Waals surface area contributed by atoms with Gasteiger partial charge in [-0.1, -0.05) is 19.4 Å². The first-order chi connectivity index (χ1) is 7.74. The van der Waals surface area contributed by atoms with Crippen LogP contribution in [0, 0.1) is 0 Å². The molecule has 3 nitrogen and oxygen atoms in total. The Morgan fingerprint density at radius 2 is 2.25 bits per heavy atom. The van der Waals surface area contributed by atoms with Crippen LogP contribution in [-0.2, 0) is 6.42 Å². The Morgan fingerprint density at radius 1 is 1.44 bits per heavy atom. The largest absolute Gasteiger partial charge is 0.366 e. The van der Waals surface area contributed by atoms with E-state index >= 15 is 0 Å². The summed E-state index contributed by atoms with van der Waals surface area (Å²) in [6, 6.07) is 5.60. The zero-order chi connectivity index (χ0) is 11.5. The third-order valence-corrected chi connectivity index (χ3v) is 2.85. The summed E-state index contributed by atoms with van der Waals surface area (Å²) in [5, 5.41) is 0.989. The molecule has 16 heavy (non-hydrogen) atoms. The molecule has 0 radical (unpaired) electrons. The molecule has 84 valence electrons. The lowest BCUT2D eigenvalue weighted by Gasteiger charge is -2.02. The van der Waals surface area contributed by atoms with Crippen LogP contribution in [0.15, 0.2) is 24.4 Å². The molecule has 1 amide bonds. The second-order valence-electron chi connectivity index (χ2n) is 4.01. The van der Waals surface area contributed by atoms with Crippen molar-refractivity contribution < 1.29 is 4.79 Å². The molecule has 0 aliphatic carbocycles. The Bertz CT molecular complexity index is 514. The second-order valence-corrected chi connectivity index (χ2v) is 4.01. The van der Waals surface area contributed by atoms with E-state index in [-0.39, 0.29) is 5.91 Å². The standard InChI is InChI=1S/C13H16N2O/c1-2-3-5-9-8-15-11-7-4-6-10(12(9)11)13(14)16/h4,6-8,15H,2-3,5H2,1H3,(H2,14,16). The van der Waals surface area contributed by atoms with Crippen molar-refractivity contribution >= 4 is 16.8 Å². The smallest absolute Gasteiger partial charge is 0.249 e. The van der Waals surface area contributed by atoms with Crippen molar-refractivity contribution in [2.24, 2.45) is 5.73 Å². The van der Waals surface area contributed by atoms with E-state index in [2.05, 4.69) is 11.9 Å². The van der Waals surface area contributed by atoms with Crippen LogP contribution in [0.3, 0.4) is 0 Å². The molecule has 0 aliphatic rings. The minimum absolute atomic E-state index is 0.358. The number of aromatic amines is 1. The Hall–Kier alpha value is -1.77. The van der Waals surface area contributed by atoms with E-state index in [0.717, 1.165) is 30.2 Å². The fourth-order valence-electron chi connectivity index (χ4n) is 2.03. The molecular formula is C13H16N2O. The number of H-pyrrole nitrogens is 1. The summed E-state index contributed by atoms with van der Waals surface area (Å²) in [5.74, 6) is -0.358. The molecular weight excluding hydrogens is 200 g/mol. The molecule has 1 aromatic heterocycles. The molecule has 0 bridgehead atoms. The maximum atomic E-state index is 11.3. The minimum atomic E-state index is -0.358. The molecule has 1 aromatic carbocycles. The highest BCUT2D eigenvalue weighted by Gasteiger charge is 2.11. The van der Waals surface area contributed by atoms with Gasteiger partial charge in [-0.15, -0.1) is 0 Å². The first kappa shape index (κ1) is 10.7. The Morgan fingerprint density at radius 3 is 2.94 bits per heavy atom. The zero-order valence-corrected chi connectivity index (χ0v) is 9.42. The first-order valence-corrected chi connectivity index (χ1v) is 5.62. The summed E-state index contributed by atoms with van der Waals surface area (Å²) in [5.41, 5.74) is 8.17. The molecule has 1 heterocycles. The van der Waals surface area contributed by atoms with Crippen LogP contribution in [0.25, 0.3) is 10.9 Å². The lowest BCUT2D eigenvalue weighted by molar-refractivity contribution is 0.100. The number of rotatable bonds is 4. The lowest BCUT2D eigenvalue weighted by atomic mass is 10.0. The minimum Gasteiger partial charge on any atom is -0.366 e.